The quantitative estimate of drug-likeness (QED) is 0.348. The number of rotatable bonds is 6. The van der Waals surface area contributed by atoms with E-state index in [0.717, 1.165) is 64.8 Å². The van der Waals surface area contributed by atoms with Gasteiger partial charge in [-0.3, -0.25) is 4.79 Å². The van der Waals surface area contributed by atoms with Crippen molar-refractivity contribution in [2.75, 3.05) is 13.1 Å². The molecular formula is C29H29N3O3. The summed E-state index contributed by atoms with van der Waals surface area (Å²) in [6.07, 6.45) is 4.03. The molecule has 6 heteroatoms. The van der Waals surface area contributed by atoms with Gasteiger partial charge in [0.15, 0.2) is 0 Å². The maximum atomic E-state index is 12.0. The number of aryl methyl sites for hydroxylation is 1. The molecule has 0 radical (unpaired) electrons. The van der Waals surface area contributed by atoms with E-state index in [2.05, 4.69) is 28.5 Å². The maximum Gasteiger partial charge on any atom is 0.265 e. The van der Waals surface area contributed by atoms with Crippen LogP contribution in [0.3, 0.4) is 0 Å². The third-order valence-electron chi connectivity index (χ3n) is 6.76. The van der Waals surface area contributed by atoms with Crippen LogP contribution in [0.1, 0.15) is 29.5 Å². The molecule has 1 amide bonds. The van der Waals surface area contributed by atoms with Gasteiger partial charge >= 0.3 is 0 Å². The second-order valence-electron chi connectivity index (χ2n) is 9.14. The Morgan fingerprint density at radius 2 is 1.60 bits per heavy atom. The standard InChI is InChI=1S/C29H29N3O3/c1-19-25-17-24(34)12-13-26(25)32(28(19)22-8-10-23(33)11-9-22)18-21-6-4-20(5-7-21)16-27(29(30)35)31-14-2-3-15-31/h4-13,16-17,33-34H,2-3,14-15,18H2,1H3,(H2,30,35)/b27-16+. The lowest BCUT2D eigenvalue weighted by Crippen LogP contribution is -2.29. The molecule has 5 rings (SSSR count). The van der Waals surface area contributed by atoms with Gasteiger partial charge in [0.2, 0.25) is 0 Å². The van der Waals surface area contributed by atoms with Crippen molar-refractivity contribution in [3.8, 4) is 22.8 Å². The Kier molecular flexibility index (Phi) is 5.95. The highest BCUT2D eigenvalue weighted by Gasteiger charge is 2.19. The summed E-state index contributed by atoms with van der Waals surface area (Å²) >= 11 is 0. The van der Waals surface area contributed by atoms with E-state index in [1.807, 2.05) is 36.4 Å². The minimum Gasteiger partial charge on any atom is -0.508 e. The zero-order valence-corrected chi connectivity index (χ0v) is 19.7. The van der Waals surface area contributed by atoms with Gasteiger partial charge in [0.1, 0.15) is 17.2 Å². The molecule has 1 aromatic heterocycles. The Labute approximate surface area is 204 Å². The number of aromatic hydroxyl groups is 2. The Morgan fingerprint density at radius 1 is 0.943 bits per heavy atom. The molecule has 1 fully saturated rings. The number of likely N-dealkylation sites (tertiary alicyclic amines) is 1. The number of benzene rings is 3. The van der Waals surface area contributed by atoms with Crippen molar-refractivity contribution < 1.29 is 15.0 Å². The highest BCUT2D eigenvalue weighted by Crippen LogP contribution is 2.36. The van der Waals surface area contributed by atoms with Gasteiger partial charge in [-0.25, -0.2) is 0 Å². The molecular weight excluding hydrogens is 438 g/mol. The van der Waals surface area contributed by atoms with Crippen LogP contribution in [0.15, 0.2) is 72.4 Å². The number of aromatic nitrogens is 1. The molecule has 0 spiro atoms. The lowest BCUT2D eigenvalue weighted by atomic mass is 10.1. The van der Waals surface area contributed by atoms with E-state index in [1.54, 1.807) is 24.3 Å². The van der Waals surface area contributed by atoms with Gasteiger partial charge in [0, 0.05) is 30.5 Å². The summed E-state index contributed by atoms with van der Waals surface area (Å²) in [5.41, 5.74) is 12.4. The number of nitrogens with zero attached hydrogens (tertiary/aromatic N) is 2. The molecule has 1 saturated heterocycles. The number of amides is 1. The molecule has 1 aliphatic rings. The molecule has 4 aromatic rings. The predicted molar refractivity (Wildman–Crippen MR) is 139 cm³/mol. The number of hydrogen-bond acceptors (Lipinski definition) is 4. The van der Waals surface area contributed by atoms with Gasteiger partial charge in [-0.05, 0) is 90.6 Å². The molecule has 0 aliphatic carbocycles. The normalized spacial score (nSPS) is 14.1. The van der Waals surface area contributed by atoms with Crippen LogP contribution >= 0.6 is 0 Å². The minimum absolute atomic E-state index is 0.222. The van der Waals surface area contributed by atoms with Crippen LogP contribution in [0.5, 0.6) is 11.5 Å². The van der Waals surface area contributed by atoms with Crippen molar-refractivity contribution >= 4 is 22.9 Å². The van der Waals surface area contributed by atoms with E-state index < -0.39 is 5.91 Å². The van der Waals surface area contributed by atoms with Gasteiger partial charge in [-0.2, -0.15) is 0 Å². The average Bonchev–Trinajstić information content (AvgIpc) is 3.46. The summed E-state index contributed by atoms with van der Waals surface area (Å²) in [5, 5.41) is 20.8. The van der Waals surface area contributed by atoms with Gasteiger partial charge in [-0.1, -0.05) is 24.3 Å². The van der Waals surface area contributed by atoms with E-state index in [0.29, 0.717) is 12.2 Å². The van der Waals surface area contributed by atoms with Crippen molar-refractivity contribution in [3.05, 3.63) is 89.1 Å². The fourth-order valence-electron chi connectivity index (χ4n) is 5.00. The maximum absolute atomic E-state index is 12.0. The number of fused-ring (bicyclic) bond motifs is 1. The second-order valence-corrected chi connectivity index (χ2v) is 9.14. The van der Waals surface area contributed by atoms with Crippen LogP contribution in [0.25, 0.3) is 28.2 Å². The fraction of sp³-hybridized carbons (Fsp3) is 0.207. The van der Waals surface area contributed by atoms with Crippen LogP contribution in [-0.4, -0.2) is 38.7 Å². The Morgan fingerprint density at radius 3 is 2.26 bits per heavy atom. The molecule has 0 atom stereocenters. The molecule has 35 heavy (non-hydrogen) atoms. The van der Waals surface area contributed by atoms with Crippen LogP contribution in [0.4, 0.5) is 0 Å². The molecule has 2 heterocycles. The first-order chi connectivity index (χ1) is 16.9. The van der Waals surface area contributed by atoms with E-state index >= 15 is 0 Å². The molecule has 4 N–H and O–H groups in total. The highest BCUT2D eigenvalue weighted by atomic mass is 16.3. The molecule has 1 aliphatic heterocycles. The second kappa shape index (κ2) is 9.22. The van der Waals surface area contributed by atoms with Crippen molar-refractivity contribution in [2.24, 2.45) is 5.73 Å². The zero-order valence-electron chi connectivity index (χ0n) is 19.7. The van der Waals surface area contributed by atoms with Gasteiger partial charge in [0.05, 0.1) is 5.69 Å². The van der Waals surface area contributed by atoms with Crippen LogP contribution in [0, 0.1) is 6.92 Å². The summed E-state index contributed by atoms with van der Waals surface area (Å²) in [7, 11) is 0. The van der Waals surface area contributed by atoms with E-state index in [4.69, 9.17) is 5.73 Å². The van der Waals surface area contributed by atoms with E-state index in [-0.39, 0.29) is 11.5 Å². The lowest BCUT2D eigenvalue weighted by molar-refractivity contribution is -0.115. The first kappa shape index (κ1) is 22.6. The van der Waals surface area contributed by atoms with Crippen LogP contribution < -0.4 is 5.73 Å². The number of primary amides is 1. The van der Waals surface area contributed by atoms with Crippen LogP contribution in [-0.2, 0) is 11.3 Å². The molecule has 0 unspecified atom stereocenters. The molecule has 6 nitrogen and oxygen atoms in total. The van der Waals surface area contributed by atoms with E-state index in [9.17, 15) is 15.0 Å². The summed E-state index contributed by atoms with van der Waals surface area (Å²) in [6.45, 7) is 4.41. The largest absolute Gasteiger partial charge is 0.508 e. The first-order valence-corrected chi connectivity index (χ1v) is 11.9. The first-order valence-electron chi connectivity index (χ1n) is 11.9. The smallest absolute Gasteiger partial charge is 0.265 e. The van der Waals surface area contributed by atoms with Crippen molar-refractivity contribution in [2.45, 2.75) is 26.3 Å². The molecule has 3 aromatic carbocycles. The molecule has 0 saturated carbocycles. The number of carbonyl (C=O) groups is 1. The van der Waals surface area contributed by atoms with Crippen molar-refractivity contribution in [3.63, 3.8) is 0 Å². The summed E-state index contributed by atoms with van der Waals surface area (Å²) in [5.74, 6) is 0.0565. The van der Waals surface area contributed by atoms with Gasteiger partial charge in [-0.15, -0.1) is 0 Å². The van der Waals surface area contributed by atoms with E-state index in [1.165, 1.54) is 0 Å². The lowest BCUT2D eigenvalue weighted by Gasteiger charge is -2.19. The third kappa shape index (κ3) is 4.47. The van der Waals surface area contributed by atoms with Crippen molar-refractivity contribution in [1.29, 1.82) is 0 Å². The van der Waals surface area contributed by atoms with Crippen LogP contribution in [0.2, 0.25) is 0 Å². The SMILES string of the molecule is Cc1c(-c2ccc(O)cc2)n(Cc2ccc(/C=C(\C(N)=O)N3CCCC3)cc2)c2ccc(O)cc12. The predicted octanol–water partition coefficient (Wildman–Crippen LogP) is 5.00. The summed E-state index contributed by atoms with van der Waals surface area (Å²) in [4.78, 5) is 14.1. The molecule has 178 valence electrons. The number of carbonyl (C=O) groups excluding carboxylic acids is 1. The number of nitrogens with two attached hydrogens (primary N) is 1. The molecule has 0 bridgehead atoms. The monoisotopic (exact) mass is 467 g/mol. The number of hydrogen-bond donors (Lipinski definition) is 3. The minimum atomic E-state index is -0.396. The summed E-state index contributed by atoms with van der Waals surface area (Å²) in [6, 6.07) is 20.8. The van der Waals surface area contributed by atoms with Crippen molar-refractivity contribution in [1.82, 2.24) is 9.47 Å². The number of phenolic OH excluding ortho intramolecular Hbond substituents is 2. The number of phenols is 2. The Bertz CT molecular complexity index is 1410. The summed E-state index contributed by atoms with van der Waals surface area (Å²) < 4.78 is 2.24. The van der Waals surface area contributed by atoms with Gasteiger partial charge < -0.3 is 25.4 Å². The van der Waals surface area contributed by atoms with Gasteiger partial charge in [0.25, 0.3) is 5.91 Å². The fourth-order valence-corrected chi connectivity index (χ4v) is 5.00. The topological polar surface area (TPSA) is 91.7 Å². The Hall–Kier alpha value is -4.19. The average molecular weight is 468 g/mol. The zero-order chi connectivity index (χ0) is 24.5. The Balaban J connectivity index is 1.52. The highest BCUT2D eigenvalue weighted by molar-refractivity contribution is 5.96. The third-order valence-corrected chi connectivity index (χ3v) is 6.76.